The van der Waals surface area contributed by atoms with Crippen LogP contribution in [-0.4, -0.2) is 25.2 Å². The van der Waals surface area contributed by atoms with Gasteiger partial charge in [-0.2, -0.15) is 0 Å². The van der Waals surface area contributed by atoms with E-state index < -0.39 is 15.8 Å². The van der Waals surface area contributed by atoms with Gasteiger partial charge in [0.05, 0.1) is 21.2 Å². The minimum Gasteiger partial charge on any atom is -0.478 e. The van der Waals surface area contributed by atoms with Gasteiger partial charge in [-0.1, -0.05) is 23.2 Å². The molecule has 1 rings (SSSR count). The molecule has 18 heavy (non-hydrogen) atoms. The second-order valence-electron chi connectivity index (χ2n) is 3.66. The molecule has 0 bridgehead atoms. The Labute approximate surface area is 115 Å². The van der Waals surface area contributed by atoms with E-state index in [0.29, 0.717) is 5.57 Å². The zero-order valence-electron chi connectivity index (χ0n) is 9.35. The van der Waals surface area contributed by atoms with Crippen LogP contribution in [0.1, 0.15) is 17.3 Å². The van der Waals surface area contributed by atoms with E-state index in [0.717, 1.165) is 12.1 Å². The summed E-state index contributed by atoms with van der Waals surface area (Å²) in [5, 5.41) is 8.67. The molecule has 4 nitrogen and oxygen atoms in total. The first kappa shape index (κ1) is 15.0. The molecule has 0 fully saturated rings. The molecule has 0 atom stereocenters. The second kappa shape index (κ2) is 5.73. The normalized spacial score (nSPS) is 12.5. The third kappa shape index (κ3) is 3.48. The maximum atomic E-state index is 11.9. The zero-order valence-corrected chi connectivity index (χ0v) is 11.7. The molecule has 1 N–H and O–H groups in total. The van der Waals surface area contributed by atoms with Crippen molar-refractivity contribution in [1.82, 2.24) is 0 Å². The van der Waals surface area contributed by atoms with Crippen LogP contribution in [-0.2, 0) is 9.84 Å². The van der Waals surface area contributed by atoms with Gasteiger partial charge in [-0.3, -0.25) is 0 Å². The molecule has 0 saturated heterocycles. The van der Waals surface area contributed by atoms with Gasteiger partial charge < -0.3 is 5.11 Å². The van der Waals surface area contributed by atoms with Crippen molar-refractivity contribution in [2.75, 3.05) is 5.75 Å². The summed E-state index contributed by atoms with van der Waals surface area (Å²) in [6.07, 6.45) is 0. The number of rotatable bonds is 4. The first-order chi connectivity index (χ1) is 8.27. The molecule has 0 heterocycles. The van der Waals surface area contributed by atoms with E-state index in [1.807, 2.05) is 0 Å². The minimum absolute atomic E-state index is 0.0321. The van der Waals surface area contributed by atoms with Crippen LogP contribution in [0.4, 0.5) is 0 Å². The van der Waals surface area contributed by atoms with Crippen LogP contribution in [0.25, 0.3) is 0 Å². The van der Waals surface area contributed by atoms with Gasteiger partial charge in [0.15, 0.2) is 9.84 Å². The van der Waals surface area contributed by atoms with E-state index in [1.165, 1.54) is 11.6 Å². The van der Waals surface area contributed by atoms with Crippen molar-refractivity contribution in [1.29, 1.82) is 0 Å². The lowest BCUT2D eigenvalue weighted by molar-refractivity contribution is 0.0697. The molecule has 0 spiro atoms. The van der Waals surface area contributed by atoms with Crippen LogP contribution in [0.2, 0.25) is 5.02 Å². The number of carboxylic acids is 1. The number of carboxylic acid groups (broad SMARTS) is 1. The summed E-state index contributed by atoms with van der Waals surface area (Å²) in [5.74, 6) is -1.44. The van der Waals surface area contributed by atoms with Gasteiger partial charge in [-0.15, -0.1) is 0 Å². The van der Waals surface area contributed by atoms with Gasteiger partial charge in [0, 0.05) is 5.54 Å². The van der Waals surface area contributed by atoms with Gasteiger partial charge in [-0.05, 0) is 30.7 Å². The molecule has 0 amide bonds. The molecular weight excluding hydrogens is 299 g/mol. The summed E-state index contributed by atoms with van der Waals surface area (Å²) in [4.78, 5) is 10.7. The van der Waals surface area contributed by atoms with Crippen molar-refractivity contribution >= 4 is 39.0 Å². The molecule has 7 heteroatoms. The quantitative estimate of drug-likeness (QED) is 0.928. The van der Waals surface area contributed by atoms with Crippen molar-refractivity contribution in [3.8, 4) is 0 Å². The molecule has 0 aromatic heterocycles. The summed E-state index contributed by atoms with van der Waals surface area (Å²) in [6.45, 7) is 1.58. The predicted octanol–water partition coefficient (Wildman–Crippen LogP) is 2.95. The monoisotopic (exact) mass is 308 g/mol. The zero-order chi connectivity index (χ0) is 13.9. The highest BCUT2D eigenvalue weighted by Crippen LogP contribution is 2.22. The van der Waals surface area contributed by atoms with Gasteiger partial charge in [-0.25, -0.2) is 13.2 Å². The van der Waals surface area contributed by atoms with Crippen molar-refractivity contribution in [2.45, 2.75) is 11.8 Å². The number of aromatic carboxylic acids is 1. The molecular formula is C11H10Cl2O4S. The van der Waals surface area contributed by atoms with Crippen molar-refractivity contribution in [3.05, 3.63) is 39.9 Å². The average Bonchev–Trinajstić information content (AvgIpc) is 2.27. The molecule has 1 aromatic carbocycles. The highest BCUT2D eigenvalue weighted by atomic mass is 35.5. The molecule has 1 aromatic rings. The minimum atomic E-state index is -3.57. The summed E-state index contributed by atoms with van der Waals surface area (Å²) in [7, 11) is -3.57. The lowest BCUT2D eigenvalue weighted by atomic mass is 10.2. The molecule has 0 aliphatic rings. The van der Waals surface area contributed by atoms with E-state index in [1.54, 1.807) is 6.92 Å². The Kier molecular flexibility index (Phi) is 4.78. The highest BCUT2D eigenvalue weighted by Gasteiger charge is 2.18. The molecule has 0 unspecified atom stereocenters. The topological polar surface area (TPSA) is 71.4 Å². The first-order valence-corrected chi connectivity index (χ1v) is 7.26. The molecule has 98 valence electrons. The molecule has 0 saturated carbocycles. The fourth-order valence-electron chi connectivity index (χ4n) is 1.28. The Bertz CT molecular complexity index is 605. The van der Waals surface area contributed by atoms with E-state index in [-0.39, 0.29) is 21.2 Å². The van der Waals surface area contributed by atoms with E-state index >= 15 is 0 Å². The van der Waals surface area contributed by atoms with Crippen LogP contribution >= 0.6 is 23.2 Å². The summed E-state index contributed by atoms with van der Waals surface area (Å²) in [6, 6.07) is 3.51. The van der Waals surface area contributed by atoms with Crippen LogP contribution in [0.15, 0.2) is 34.2 Å². The van der Waals surface area contributed by atoms with Crippen LogP contribution in [0, 0.1) is 0 Å². The Morgan fingerprint density at radius 3 is 2.50 bits per heavy atom. The number of sulfone groups is 1. The van der Waals surface area contributed by atoms with Crippen molar-refractivity contribution < 1.29 is 18.3 Å². The number of halogens is 2. The highest BCUT2D eigenvalue weighted by molar-refractivity contribution is 7.91. The maximum Gasteiger partial charge on any atom is 0.337 e. The van der Waals surface area contributed by atoms with Gasteiger partial charge in [0.25, 0.3) is 0 Å². The fraction of sp³-hybridized carbons (Fsp3) is 0.182. The Morgan fingerprint density at radius 1 is 1.44 bits per heavy atom. The second-order valence-corrected chi connectivity index (χ2v) is 6.28. The van der Waals surface area contributed by atoms with Crippen molar-refractivity contribution in [2.24, 2.45) is 0 Å². The SMILES string of the molecule is C/C(=C/Cl)CS(=O)(=O)c1ccc(C(=O)O)c(Cl)c1. The first-order valence-electron chi connectivity index (χ1n) is 4.79. The van der Waals surface area contributed by atoms with Crippen LogP contribution in [0.3, 0.4) is 0 Å². The van der Waals surface area contributed by atoms with Crippen molar-refractivity contribution in [3.63, 3.8) is 0 Å². The largest absolute Gasteiger partial charge is 0.478 e. The summed E-state index contributed by atoms with van der Waals surface area (Å²) >= 11 is 11.1. The number of carbonyl (C=O) groups is 1. The van der Waals surface area contributed by atoms with Crippen LogP contribution < -0.4 is 0 Å². The Morgan fingerprint density at radius 2 is 2.06 bits per heavy atom. The number of hydrogen-bond donors (Lipinski definition) is 1. The lowest BCUT2D eigenvalue weighted by Gasteiger charge is -2.06. The summed E-state index contributed by atoms with van der Waals surface area (Å²) < 4.78 is 23.9. The summed E-state index contributed by atoms with van der Waals surface area (Å²) in [5.41, 5.74) is 1.53. The number of benzene rings is 1. The van der Waals surface area contributed by atoms with E-state index in [9.17, 15) is 13.2 Å². The van der Waals surface area contributed by atoms with Gasteiger partial charge >= 0.3 is 5.97 Å². The fourth-order valence-corrected chi connectivity index (χ4v) is 3.19. The van der Waals surface area contributed by atoms with Gasteiger partial charge in [0.2, 0.25) is 0 Å². The smallest absolute Gasteiger partial charge is 0.337 e. The Balaban J connectivity index is 3.20. The number of hydrogen-bond acceptors (Lipinski definition) is 3. The molecule has 0 aliphatic heterocycles. The van der Waals surface area contributed by atoms with E-state index in [4.69, 9.17) is 28.3 Å². The molecule has 0 aliphatic carbocycles. The van der Waals surface area contributed by atoms with Gasteiger partial charge in [0.1, 0.15) is 0 Å². The third-order valence-corrected chi connectivity index (χ3v) is 4.63. The molecule has 0 radical (unpaired) electrons. The Hall–Kier alpha value is -1.04. The third-order valence-electron chi connectivity index (χ3n) is 2.13. The van der Waals surface area contributed by atoms with Crippen LogP contribution in [0.5, 0.6) is 0 Å². The maximum absolute atomic E-state index is 11.9. The van der Waals surface area contributed by atoms with E-state index in [2.05, 4.69) is 0 Å². The lowest BCUT2D eigenvalue weighted by Crippen LogP contribution is -2.08. The predicted molar refractivity (Wildman–Crippen MR) is 70.1 cm³/mol. The average molecular weight is 309 g/mol. The standard InChI is InChI=1S/C11H10Cl2O4S/c1-7(5-12)6-18(16,17)8-2-3-9(11(14)15)10(13)4-8/h2-5H,6H2,1H3,(H,14,15)/b7-5-.